The lowest BCUT2D eigenvalue weighted by atomic mass is 10.1. The van der Waals surface area contributed by atoms with Crippen molar-refractivity contribution >= 4 is 11.6 Å². The van der Waals surface area contributed by atoms with E-state index in [0.717, 1.165) is 44.1 Å². The summed E-state index contributed by atoms with van der Waals surface area (Å²) in [5.41, 5.74) is 1.20. The maximum Gasteiger partial charge on any atom is 0.134 e. The van der Waals surface area contributed by atoms with Crippen LogP contribution in [0, 0.1) is 0 Å². The molecule has 2 aliphatic rings. The van der Waals surface area contributed by atoms with Gasteiger partial charge in [0.05, 0.1) is 19.3 Å². The van der Waals surface area contributed by atoms with Crippen LogP contribution in [0.25, 0.3) is 0 Å². The van der Waals surface area contributed by atoms with Gasteiger partial charge < -0.3 is 19.6 Å². The second kappa shape index (κ2) is 7.37. The number of morpholine rings is 1. The molecule has 2 fully saturated rings. The van der Waals surface area contributed by atoms with E-state index in [1.54, 1.807) is 6.33 Å². The molecule has 3 heterocycles. The van der Waals surface area contributed by atoms with Gasteiger partial charge in [0.25, 0.3) is 0 Å². The van der Waals surface area contributed by atoms with Crippen molar-refractivity contribution in [2.24, 2.45) is 0 Å². The summed E-state index contributed by atoms with van der Waals surface area (Å²) in [6, 6.07) is 12.5. The Hall–Kier alpha value is -2.18. The van der Waals surface area contributed by atoms with Crippen LogP contribution < -0.4 is 9.80 Å². The van der Waals surface area contributed by atoms with Crippen LogP contribution in [0.15, 0.2) is 42.7 Å². The van der Waals surface area contributed by atoms with Gasteiger partial charge in [0.2, 0.25) is 0 Å². The highest BCUT2D eigenvalue weighted by molar-refractivity contribution is 5.51. The summed E-state index contributed by atoms with van der Waals surface area (Å²) in [5, 5.41) is 9.56. The van der Waals surface area contributed by atoms with E-state index in [-0.39, 0.29) is 18.8 Å². The number of ether oxygens (including phenoxy) is 1. The van der Waals surface area contributed by atoms with Gasteiger partial charge in [-0.1, -0.05) is 30.3 Å². The molecule has 1 aromatic heterocycles. The summed E-state index contributed by atoms with van der Waals surface area (Å²) in [6.07, 6.45) is 3.80. The first-order valence-corrected chi connectivity index (χ1v) is 8.96. The molecule has 2 saturated heterocycles. The van der Waals surface area contributed by atoms with Gasteiger partial charge in [-0.15, -0.1) is 0 Å². The number of aliphatic hydroxyl groups is 1. The van der Waals surface area contributed by atoms with E-state index in [1.807, 2.05) is 24.3 Å². The molecular formula is C19H24N4O2. The fourth-order valence-corrected chi connectivity index (χ4v) is 3.72. The largest absolute Gasteiger partial charge is 0.394 e. The average molecular weight is 340 g/mol. The Morgan fingerprint density at radius 1 is 1.12 bits per heavy atom. The summed E-state index contributed by atoms with van der Waals surface area (Å²) in [6.45, 7) is 3.40. The monoisotopic (exact) mass is 340 g/mol. The van der Waals surface area contributed by atoms with Crippen molar-refractivity contribution in [1.29, 1.82) is 0 Å². The van der Waals surface area contributed by atoms with Crippen LogP contribution in [0.4, 0.5) is 11.6 Å². The smallest absolute Gasteiger partial charge is 0.134 e. The third-order valence-corrected chi connectivity index (χ3v) is 5.08. The molecular weight excluding hydrogens is 316 g/mol. The molecule has 132 valence electrons. The second-order valence-corrected chi connectivity index (χ2v) is 6.62. The first kappa shape index (κ1) is 16.3. The third-order valence-electron chi connectivity index (χ3n) is 5.08. The number of anilines is 2. The summed E-state index contributed by atoms with van der Waals surface area (Å²) < 4.78 is 5.95. The van der Waals surface area contributed by atoms with E-state index in [4.69, 9.17) is 4.74 Å². The molecule has 2 aliphatic heterocycles. The molecule has 0 radical (unpaired) electrons. The molecule has 0 bridgehead atoms. The zero-order valence-electron chi connectivity index (χ0n) is 14.3. The minimum atomic E-state index is 0.0605. The van der Waals surface area contributed by atoms with Crippen molar-refractivity contribution in [3.05, 3.63) is 48.3 Å². The van der Waals surface area contributed by atoms with Crippen LogP contribution in [0.5, 0.6) is 0 Å². The maximum atomic E-state index is 9.56. The number of aliphatic hydroxyl groups excluding tert-OH is 1. The molecule has 2 atom stereocenters. The average Bonchev–Trinajstić information content (AvgIpc) is 3.18. The van der Waals surface area contributed by atoms with Crippen molar-refractivity contribution < 1.29 is 9.84 Å². The van der Waals surface area contributed by atoms with E-state index in [1.165, 1.54) is 5.56 Å². The number of hydrogen-bond acceptors (Lipinski definition) is 6. The fourth-order valence-electron chi connectivity index (χ4n) is 3.72. The Morgan fingerprint density at radius 2 is 1.96 bits per heavy atom. The summed E-state index contributed by atoms with van der Waals surface area (Å²) in [5.74, 6) is 1.84. The first-order valence-electron chi connectivity index (χ1n) is 8.96. The number of rotatable bonds is 4. The zero-order chi connectivity index (χ0) is 17.1. The highest BCUT2D eigenvalue weighted by Crippen LogP contribution is 2.28. The Balaban J connectivity index is 1.52. The Bertz CT molecular complexity index is 697. The normalized spacial score (nSPS) is 23.9. The molecule has 6 nitrogen and oxygen atoms in total. The van der Waals surface area contributed by atoms with E-state index in [9.17, 15) is 5.11 Å². The SMILES string of the molecule is OC[C@@H]1CCCN1c1cc(N2CCO[C@H](c3ccccc3)C2)ncn1. The molecule has 2 aromatic rings. The van der Waals surface area contributed by atoms with Gasteiger partial charge in [0, 0.05) is 25.7 Å². The molecule has 1 N–H and O–H groups in total. The third kappa shape index (κ3) is 3.45. The molecule has 6 heteroatoms. The topological polar surface area (TPSA) is 61.7 Å². The minimum absolute atomic E-state index is 0.0605. The summed E-state index contributed by atoms with van der Waals surface area (Å²) in [4.78, 5) is 13.4. The van der Waals surface area contributed by atoms with Crippen LogP contribution in [0.2, 0.25) is 0 Å². The molecule has 0 aliphatic carbocycles. The second-order valence-electron chi connectivity index (χ2n) is 6.62. The van der Waals surface area contributed by atoms with Crippen LogP contribution in [-0.4, -0.2) is 54.0 Å². The molecule has 1 aromatic carbocycles. The molecule has 0 saturated carbocycles. The van der Waals surface area contributed by atoms with E-state index >= 15 is 0 Å². The van der Waals surface area contributed by atoms with E-state index < -0.39 is 0 Å². The van der Waals surface area contributed by atoms with Crippen molar-refractivity contribution in [3.8, 4) is 0 Å². The molecule has 4 rings (SSSR count). The van der Waals surface area contributed by atoms with Crippen molar-refractivity contribution in [2.45, 2.75) is 25.0 Å². The Kier molecular flexibility index (Phi) is 4.81. The lowest BCUT2D eigenvalue weighted by Crippen LogP contribution is -2.39. The lowest BCUT2D eigenvalue weighted by Gasteiger charge is -2.34. The maximum absolute atomic E-state index is 9.56. The van der Waals surface area contributed by atoms with Crippen molar-refractivity contribution in [2.75, 3.05) is 42.6 Å². The van der Waals surface area contributed by atoms with E-state index in [0.29, 0.717) is 6.61 Å². The van der Waals surface area contributed by atoms with E-state index in [2.05, 4.69) is 31.9 Å². The molecule has 0 spiro atoms. The quantitative estimate of drug-likeness (QED) is 0.919. The summed E-state index contributed by atoms with van der Waals surface area (Å²) >= 11 is 0. The van der Waals surface area contributed by atoms with Gasteiger partial charge in [-0.2, -0.15) is 0 Å². The molecule has 0 amide bonds. The van der Waals surface area contributed by atoms with Crippen molar-refractivity contribution in [1.82, 2.24) is 9.97 Å². The highest BCUT2D eigenvalue weighted by atomic mass is 16.5. The lowest BCUT2D eigenvalue weighted by molar-refractivity contribution is 0.0395. The number of nitrogens with zero attached hydrogens (tertiary/aromatic N) is 4. The Labute approximate surface area is 148 Å². The van der Waals surface area contributed by atoms with Gasteiger partial charge in [-0.25, -0.2) is 9.97 Å². The van der Waals surface area contributed by atoms with Gasteiger partial charge in [-0.3, -0.25) is 0 Å². The van der Waals surface area contributed by atoms with Crippen LogP contribution in [0.3, 0.4) is 0 Å². The zero-order valence-corrected chi connectivity index (χ0v) is 14.3. The van der Waals surface area contributed by atoms with Crippen LogP contribution in [0.1, 0.15) is 24.5 Å². The number of hydrogen-bond donors (Lipinski definition) is 1. The number of benzene rings is 1. The first-order chi connectivity index (χ1) is 12.3. The standard InChI is InChI=1S/C19H24N4O2/c24-13-16-7-4-8-23(16)19-11-18(20-14-21-19)22-9-10-25-17(12-22)15-5-2-1-3-6-15/h1-3,5-6,11,14,16-17,24H,4,7-10,12-13H2/t16-,17-/m0/s1. The minimum Gasteiger partial charge on any atom is -0.394 e. The predicted molar refractivity (Wildman–Crippen MR) is 96.8 cm³/mol. The highest BCUT2D eigenvalue weighted by Gasteiger charge is 2.27. The fraction of sp³-hybridized carbons (Fsp3) is 0.474. The Morgan fingerprint density at radius 3 is 2.80 bits per heavy atom. The van der Waals surface area contributed by atoms with Crippen LogP contribution in [-0.2, 0) is 4.74 Å². The molecule has 25 heavy (non-hydrogen) atoms. The van der Waals surface area contributed by atoms with Gasteiger partial charge in [-0.05, 0) is 18.4 Å². The predicted octanol–water partition coefficient (Wildman–Crippen LogP) is 2.02. The van der Waals surface area contributed by atoms with Crippen molar-refractivity contribution in [3.63, 3.8) is 0 Å². The van der Waals surface area contributed by atoms with Crippen LogP contribution >= 0.6 is 0 Å². The van der Waals surface area contributed by atoms with Gasteiger partial charge in [0.1, 0.15) is 24.1 Å². The molecule has 0 unspecified atom stereocenters. The van der Waals surface area contributed by atoms with Gasteiger partial charge in [0.15, 0.2) is 0 Å². The summed E-state index contributed by atoms with van der Waals surface area (Å²) in [7, 11) is 0. The number of aromatic nitrogens is 2. The van der Waals surface area contributed by atoms with Gasteiger partial charge >= 0.3 is 0 Å².